The number of aromatic amines is 1. The predicted octanol–water partition coefficient (Wildman–Crippen LogP) is 3.41. The van der Waals surface area contributed by atoms with E-state index in [1.165, 1.54) is 49.1 Å². The summed E-state index contributed by atoms with van der Waals surface area (Å²) in [6.45, 7) is 0.337. The fourth-order valence-corrected chi connectivity index (χ4v) is 4.01. The monoisotopic (exact) mass is 316 g/mol. The van der Waals surface area contributed by atoms with Crippen molar-refractivity contribution >= 4 is 17.2 Å². The minimum Gasteiger partial charge on any atom is -0.363 e. The number of hydrogen-bond acceptors (Lipinski definition) is 3. The van der Waals surface area contributed by atoms with Gasteiger partial charge in [-0.2, -0.15) is 0 Å². The summed E-state index contributed by atoms with van der Waals surface area (Å²) in [5, 5.41) is 4.79. The number of amides is 1. The van der Waals surface area contributed by atoms with Gasteiger partial charge in [-0.15, -0.1) is 11.3 Å². The van der Waals surface area contributed by atoms with E-state index in [1.807, 2.05) is 11.4 Å². The maximum Gasteiger partial charge on any atom is 0.252 e. The van der Waals surface area contributed by atoms with Gasteiger partial charge in [0, 0.05) is 34.3 Å². The van der Waals surface area contributed by atoms with Gasteiger partial charge in [0.1, 0.15) is 0 Å². The van der Waals surface area contributed by atoms with Gasteiger partial charge in [0.05, 0.1) is 12.1 Å². The molecule has 1 aliphatic rings. The van der Waals surface area contributed by atoms with Crippen molar-refractivity contribution in [1.82, 2.24) is 10.3 Å². The highest BCUT2D eigenvalue weighted by atomic mass is 32.1. The van der Waals surface area contributed by atoms with Crippen LogP contribution in [-0.4, -0.2) is 10.9 Å². The summed E-state index contributed by atoms with van der Waals surface area (Å²) in [5.41, 5.74) is 1.38. The molecule has 116 valence electrons. The molecule has 1 fully saturated rings. The summed E-state index contributed by atoms with van der Waals surface area (Å²) < 4.78 is 0. The van der Waals surface area contributed by atoms with Gasteiger partial charge < -0.3 is 10.3 Å². The Kier molecular flexibility index (Phi) is 4.73. The van der Waals surface area contributed by atoms with E-state index in [4.69, 9.17) is 0 Å². The molecule has 0 aliphatic heterocycles. The van der Waals surface area contributed by atoms with Crippen LogP contribution in [0.1, 0.15) is 59.0 Å². The number of pyridine rings is 1. The van der Waals surface area contributed by atoms with Crippen molar-refractivity contribution in [2.45, 2.75) is 44.6 Å². The second-order valence-corrected chi connectivity index (χ2v) is 6.75. The van der Waals surface area contributed by atoms with E-state index in [2.05, 4.69) is 10.3 Å². The molecule has 5 heteroatoms. The molecule has 0 saturated heterocycles. The molecular formula is C17H20N2O2S. The van der Waals surface area contributed by atoms with E-state index in [1.54, 1.807) is 17.5 Å². The Morgan fingerprint density at radius 2 is 2.09 bits per heavy atom. The summed E-state index contributed by atoms with van der Waals surface area (Å²) in [5.74, 6) is 0.550. The Labute approximate surface area is 133 Å². The molecule has 0 aromatic carbocycles. The summed E-state index contributed by atoms with van der Waals surface area (Å²) >= 11 is 1.69. The summed E-state index contributed by atoms with van der Waals surface area (Å²) in [6.07, 6.45) is 8.01. The first kappa shape index (κ1) is 15.0. The summed E-state index contributed by atoms with van der Waals surface area (Å²) in [4.78, 5) is 27.7. The second kappa shape index (κ2) is 6.92. The molecule has 1 saturated carbocycles. The van der Waals surface area contributed by atoms with Crippen LogP contribution in [0.4, 0.5) is 0 Å². The molecule has 0 spiro atoms. The van der Waals surface area contributed by atoms with Crippen molar-refractivity contribution in [3.05, 3.63) is 56.1 Å². The van der Waals surface area contributed by atoms with Crippen molar-refractivity contribution in [2.75, 3.05) is 0 Å². The van der Waals surface area contributed by atoms with Crippen LogP contribution in [0.25, 0.3) is 0 Å². The van der Waals surface area contributed by atoms with Crippen LogP contribution < -0.4 is 10.7 Å². The van der Waals surface area contributed by atoms with Crippen LogP contribution in [0.2, 0.25) is 0 Å². The van der Waals surface area contributed by atoms with E-state index < -0.39 is 0 Å². The summed E-state index contributed by atoms with van der Waals surface area (Å²) in [6, 6.07) is 4.99. The minimum atomic E-state index is -0.0805. The standard InChI is InChI=1S/C17H20N2O2S/c20-15-6-7-18-14(9-15)10-19-17(21)13-8-16(22-11-13)12-4-2-1-3-5-12/h6-9,11-12H,1-5,10H2,(H,18,20)(H,19,21). The topological polar surface area (TPSA) is 62.0 Å². The normalized spacial score (nSPS) is 15.6. The van der Waals surface area contributed by atoms with E-state index in [-0.39, 0.29) is 11.3 Å². The Hall–Kier alpha value is -1.88. The summed E-state index contributed by atoms with van der Waals surface area (Å²) in [7, 11) is 0. The SMILES string of the molecule is O=C(NCc1cc(=O)cc[nH]1)c1csc(C2CCCCC2)c1. The molecule has 1 aliphatic carbocycles. The van der Waals surface area contributed by atoms with Crippen molar-refractivity contribution in [2.24, 2.45) is 0 Å². The lowest BCUT2D eigenvalue weighted by molar-refractivity contribution is 0.0951. The molecule has 2 aromatic heterocycles. The van der Waals surface area contributed by atoms with Crippen LogP contribution in [0.3, 0.4) is 0 Å². The average molecular weight is 316 g/mol. The zero-order chi connectivity index (χ0) is 15.4. The lowest BCUT2D eigenvalue weighted by Crippen LogP contribution is -2.23. The molecule has 2 N–H and O–H groups in total. The highest BCUT2D eigenvalue weighted by molar-refractivity contribution is 7.10. The lowest BCUT2D eigenvalue weighted by atomic mass is 9.88. The van der Waals surface area contributed by atoms with E-state index in [0.29, 0.717) is 18.2 Å². The molecular weight excluding hydrogens is 296 g/mol. The maximum absolute atomic E-state index is 12.2. The van der Waals surface area contributed by atoms with Gasteiger partial charge in [-0.1, -0.05) is 19.3 Å². The number of carbonyl (C=O) groups excluding carboxylic acids is 1. The molecule has 4 nitrogen and oxygen atoms in total. The molecule has 0 radical (unpaired) electrons. The van der Waals surface area contributed by atoms with Crippen LogP contribution in [0.15, 0.2) is 34.6 Å². The average Bonchev–Trinajstić information content (AvgIpc) is 3.04. The second-order valence-electron chi connectivity index (χ2n) is 5.80. The van der Waals surface area contributed by atoms with Gasteiger partial charge in [-0.25, -0.2) is 0 Å². The van der Waals surface area contributed by atoms with Gasteiger partial charge in [-0.05, 0) is 24.8 Å². The molecule has 2 aromatic rings. The number of H-pyrrole nitrogens is 1. The van der Waals surface area contributed by atoms with E-state index >= 15 is 0 Å². The van der Waals surface area contributed by atoms with Crippen LogP contribution in [0, 0.1) is 0 Å². The predicted molar refractivity (Wildman–Crippen MR) is 88.4 cm³/mol. The van der Waals surface area contributed by atoms with Gasteiger partial charge in [0.15, 0.2) is 5.43 Å². The number of aromatic nitrogens is 1. The smallest absolute Gasteiger partial charge is 0.252 e. The van der Waals surface area contributed by atoms with Crippen LogP contribution in [-0.2, 0) is 6.54 Å². The molecule has 0 bridgehead atoms. The van der Waals surface area contributed by atoms with Crippen LogP contribution >= 0.6 is 11.3 Å². The van der Waals surface area contributed by atoms with Crippen molar-refractivity contribution in [3.63, 3.8) is 0 Å². The number of hydrogen-bond donors (Lipinski definition) is 2. The third kappa shape index (κ3) is 3.65. The van der Waals surface area contributed by atoms with Crippen molar-refractivity contribution < 1.29 is 4.79 Å². The van der Waals surface area contributed by atoms with Crippen molar-refractivity contribution in [1.29, 1.82) is 0 Å². The number of carbonyl (C=O) groups is 1. The molecule has 0 atom stereocenters. The molecule has 22 heavy (non-hydrogen) atoms. The fourth-order valence-electron chi connectivity index (χ4n) is 2.95. The first-order valence-corrected chi connectivity index (χ1v) is 8.64. The molecule has 2 heterocycles. The first-order valence-electron chi connectivity index (χ1n) is 7.76. The maximum atomic E-state index is 12.2. The number of thiophene rings is 1. The highest BCUT2D eigenvalue weighted by Crippen LogP contribution is 2.35. The number of nitrogens with one attached hydrogen (secondary N) is 2. The Morgan fingerprint density at radius 1 is 1.27 bits per heavy atom. The molecule has 3 rings (SSSR count). The van der Waals surface area contributed by atoms with Crippen molar-refractivity contribution in [3.8, 4) is 0 Å². The van der Waals surface area contributed by atoms with E-state index in [0.717, 1.165) is 5.56 Å². The van der Waals surface area contributed by atoms with Gasteiger partial charge >= 0.3 is 0 Å². The zero-order valence-corrected chi connectivity index (χ0v) is 13.2. The largest absolute Gasteiger partial charge is 0.363 e. The zero-order valence-electron chi connectivity index (χ0n) is 12.4. The third-order valence-electron chi connectivity index (χ3n) is 4.16. The van der Waals surface area contributed by atoms with Crippen LogP contribution in [0.5, 0.6) is 0 Å². The lowest BCUT2D eigenvalue weighted by Gasteiger charge is -2.19. The van der Waals surface area contributed by atoms with Gasteiger partial charge in [0.25, 0.3) is 5.91 Å². The first-order chi connectivity index (χ1) is 10.7. The van der Waals surface area contributed by atoms with Gasteiger partial charge in [-0.3, -0.25) is 9.59 Å². The fraction of sp³-hybridized carbons (Fsp3) is 0.412. The third-order valence-corrected chi connectivity index (χ3v) is 5.26. The van der Waals surface area contributed by atoms with Gasteiger partial charge in [0.2, 0.25) is 0 Å². The quantitative estimate of drug-likeness (QED) is 0.908. The molecule has 0 unspecified atom stereocenters. The minimum absolute atomic E-state index is 0.0573. The Morgan fingerprint density at radius 3 is 2.86 bits per heavy atom. The Bertz CT molecular complexity index is 698. The van der Waals surface area contributed by atoms with E-state index in [9.17, 15) is 9.59 Å². The molecule has 1 amide bonds. The highest BCUT2D eigenvalue weighted by Gasteiger charge is 2.18. The Balaban J connectivity index is 1.60. The number of rotatable bonds is 4.